The van der Waals surface area contributed by atoms with Crippen molar-refractivity contribution < 1.29 is 39.0 Å². The molecule has 0 rings (SSSR count). The highest BCUT2D eigenvalue weighted by Crippen LogP contribution is 2.03. The maximum absolute atomic E-state index is 12.8. The third kappa shape index (κ3) is 13.7. The van der Waals surface area contributed by atoms with Gasteiger partial charge in [0, 0.05) is 19.4 Å². The van der Waals surface area contributed by atoms with E-state index in [1.54, 1.807) is 0 Å². The molecule has 4 unspecified atom stereocenters. The number of aliphatic carboxylic acids is 1. The number of hydrogen-bond donors (Lipinski definition) is 10. The first-order valence-corrected chi connectivity index (χ1v) is 10.9. The van der Waals surface area contributed by atoms with Crippen LogP contribution in [0.25, 0.3) is 0 Å². The Hall–Kier alpha value is -3.99. The van der Waals surface area contributed by atoms with Gasteiger partial charge in [0.25, 0.3) is 0 Å². The van der Waals surface area contributed by atoms with Crippen LogP contribution in [0.3, 0.4) is 0 Å². The number of aliphatic hydroxyl groups is 1. The SMILES string of the molecule is NC(=O)CCC(N)C(=O)NC(CCCN=C(N)N)C(=O)NC(CO)C(=O)NC(CCC(N)=O)C(=O)O. The molecule has 0 spiro atoms. The average Bonchev–Trinajstić information content (AvgIpc) is 2.79. The van der Waals surface area contributed by atoms with Crippen molar-refractivity contribution in [3.63, 3.8) is 0 Å². The molecule has 0 aromatic carbocycles. The number of nitrogens with zero attached hydrogens (tertiary/aromatic N) is 1. The maximum Gasteiger partial charge on any atom is 0.326 e. The molecule has 36 heavy (non-hydrogen) atoms. The molecule has 17 nitrogen and oxygen atoms in total. The van der Waals surface area contributed by atoms with Gasteiger partial charge in [-0.25, -0.2) is 4.79 Å². The Morgan fingerprint density at radius 1 is 0.722 bits per heavy atom. The molecule has 15 N–H and O–H groups in total. The minimum Gasteiger partial charge on any atom is -0.480 e. The number of primary amides is 2. The molecule has 0 saturated carbocycles. The second-order valence-electron chi connectivity index (χ2n) is 7.77. The van der Waals surface area contributed by atoms with Crippen LogP contribution in [0.15, 0.2) is 4.99 Å². The minimum absolute atomic E-state index is 0.00692. The van der Waals surface area contributed by atoms with Crippen molar-refractivity contribution in [1.29, 1.82) is 0 Å². The van der Waals surface area contributed by atoms with E-state index in [2.05, 4.69) is 20.9 Å². The highest BCUT2D eigenvalue weighted by atomic mass is 16.4. The third-order valence-corrected chi connectivity index (χ3v) is 4.73. The number of rotatable bonds is 18. The summed E-state index contributed by atoms with van der Waals surface area (Å²) in [6.07, 6.45) is -0.664. The first kappa shape index (κ1) is 32.0. The monoisotopic (exact) mass is 517 g/mol. The van der Waals surface area contributed by atoms with Gasteiger partial charge in [-0.1, -0.05) is 0 Å². The molecule has 0 bridgehead atoms. The summed E-state index contributed by atoms with van der Waals surface area (Å²) in [5.74, 6) is -5.81. The van der Waals surface area contributed by atoms with Crippen LogP contribution in [0.4, 0.5) is 0 Å². The normalized spacial score (nSPS) is 13.8. The number of guanidine groups is 1. The number of carboxylic acid groups (broad SMARTS) is 1. The molecular weight excluding hydrogens is 482 g/mol. The summed E-state index contributed by atoms with van der Waals surface area (Å²) in [5.41, 5.74) is 26.2. The Labute approximate surface area is 206 Å². The largest absolute Gasteiger partial charge is 0.480 e. The number of nitrogens with two attached hydrogens (primary N) is 5. The Morgan fingerprint density at radius 2 is 1.22 bits per heavy atom. The summed E-state index contributed by atoms with van der Waals surface area (Å²) in [4.78, 5) is 74.6. The Morgan fingerprint density at radius 3 is 1.72 bits per heavy atom. The van der Waals surface area contributed by atoms with E-state index < -0.39 is 66.3 Å². The van der Waals surface area contributed by atoms with Crippen LogP contribution in [0.2, 0.25) is 0 Å². The zero-order chi connectivity index (χ0) is 27.8. The number of amides is 5. The molecule has 0 aliphatic heterocycles. The van der Waals surface area contributed by atoms with Gasteiger partial charge in [0.1, 0.15) is 18.1 Å². The average molecular weight is 518 g/mol. The quantitative estimate of drug-likeness (QED) is 0.0464. The Kier molecular flexibility index (Phi) is 14.8. The van der Waals surface area contributed by atoms with Gasteiger partial charge in [0.05, 0.1) is 12.6 Å². The van der Waals surface area contributed by atoms with Crippen LogP contribution >= 0.6 is 0 Å². The van der Waals surface area contributed by atoms with Crippen LogP contribution in [0.5, 0.6) is 0 Å². The predicted molar refractivity (Wildman–Crippen MR) is 125 cm³/mol. The van der Waals surface area contributed by atoms with E-state index >= 15 is 0 Å². The molecule has 0 aliphatic rings. The van der Waals surface area contributed by atoms with Gasteiger partial charge in [0.2, 0.25) is 29.5 Å². The van der Waals surface area contributed by atoms with Crippen molar-refractivity contribution in [1.82, 2.24) is 16.0 Å². The lowest BCUT2D eigenvalue weighted by atomic mass is 10.1. The fourth-order valence-corrected chi connectivity index (χ4v) is 2.76. The number of carbonyl (C=O) groups is 6. The molecule has 0 aromatic rings. The number of nitrogens with one attached hydrogen (secondary N) is 3. The maximum atomic E-state index is 12.8. The summed E-state index contributed by atoms with van der Waals surface area (Å²) in [5, 5.41) is 25.5. The number of carbonyl (C=O) groups excluding carboxylic acids is 5. The summed E-state index contributed by atoms with van der Waals surface area (Å²) >= 11 is 0. The first-order chi connectivity index (χ1) is 16.8. The van der Waals surface area contributed by atoms with Crippen molar-refractivity contribution in [3.05, 3.63) is 0 Å². The summed E-state index contributed by atoms with van der Waals surface area (Å²) in [6, 6.07) is -5.51. The van der Waals surface area contributed by atoms with Gasteiger partial charge in [-0.05, 0) is 25.7 Å². The van der Waals surface area contributed by atoms with Crippen LogP contribution in [0.1, 0.15) is 38.5 Å². The van der Waals surface area contributed by atoms with E-state index in [9.17, 15) is 39.0 Å². The topological polar surface area (TPSA) is 321 Å². The molecule has 0 saturated heterocycles. The molecule has 4 atom stereocenters. The van der Waals surface area contributed by atoms with Gasteiger partial charge >= 0.3 is 5.97 Å². The van der Waals surface area contributed by atoms with Gasteiger partial charge in [-0.3, -0.25) is 29.0 Å². The zero-order valence-corrected chi connectivity index (χ0v) is 19.6. The second kappa shape index (κ2) is 16.6. The lowest BCUT2D eigenvalue weighted by molar-refractivity contribution is -0.143. The molecule has 0 fully saturated rings. The molecular formula is C19H35N9O8. The summed E-state index contributed by atoms with van der Waals surface area (Å²) in [7, 11) is 0. The van der Waals surface area contributed by atoms with Crippen molar-refractivity contribution in [2.45, 2.75) is 62.7 Å². The van der Waals surface area contributed by atoms with Crippen LogP contribution in [-0.4, -0.2) is 89.0 Å². The third-order valence-electron chi connectivity index (χ3n) is 4.73. The highest BCUT2D eigenvalue weighted by Gasteiger charge is 2.30. The van der Waals surface area contributed by atoms with Gasteiger partial charge in [0.15, 0.2) is 5.96 Å². The van der Waals surface area contributed by atoms with Crippen LogP contribution < -0.4 is 44.6 Å². The summed E-state index contributed by atoms with van der Waals surface area (Å²) < 4.78 is 0. The fraction of sp³-hybridized carbons (Fsp3) is 0.632. The molecule has 5 amide bonds. The smallest absolute Gasteiger partial charge is 0.326 e. The zero-order valence-electron chi connectivity index (χ0n) is 19.6. The van der Waals surface area contributed by atoms with E-state index in [0.29, 0.717) is 0 Å². The summed E-state index contributed by atoms with van der Waals surface area (Å²) in [6.45, 7) is -0.799. The van der Waals surface area contributed by atoms with Crippen molar-refractivity contribution in [2.24, 2.45) is 33.7 Å². The minimum atomic E-state index is -1.59. The van der Waals surface area contributed by atoms with E-state index in [1.165, 1.54) is 0 Å². The van der Waals surface area contributed by atoms with Gasteiger partial charge in [-0.15, -0.1) is 0 Å². The Bertz CT molecular complexity index is 832. The Balaban J connectivity index is 5.37. The highest BCUT2D eigenvalue weighted by molar-refractivity contribution is 5.94. The number of carboxylic acids is 1. The van der Waals surface area contributed by atoms with E-state index in [4.69, 9.17) is 28.7 Å². The molecule has 204 valence electrons. The van der Waals surface area contributed by atoms with Gasteiger partial charge in [-0.2, -0.15) is 0 Å². The molecule has 17 heteroatoms. The fourth-order valence-electron chi connectivity index (χ4n) is 2.76. The first-order valence-electron chi connectivity index (χ1n) is 10.9. The van der Waals surface area contributed by atoms with Crippen molar-refractivity contribution in [3.8, 4) is 0 Å². The molecule has 0 heterocycles. The predicted octanol–water partition coefficient (Wildman–Crippen LogP) is -5.57. The van der Waals surface area contributed by atoms with E-state index in [1.807, 2.05) is 0 Å². The second-order valence-corrected chi connectivity index (χ2v) is 7.77. The lowest BCUT2D eigenvalue weighted by Crippen LogP contribution is -2.58. The lowest BCUT2D eigenvalue weighted by Gasteiger charge is -2.24. The van der Waals surface area contributed by atoms with E-state index in [0.717, 1.165) is 0 Å². The molecule has 0 radical (unpaired) electrons. The standard InChI is InChI=1S/C19H35N9O8/c20-9(3-5-13(21)30)15(32)26-10(2-1-7-25-19(23)24)16(33)28-12(8-29)17(34)27-11(18(35)36)4-6-14(22)31/h9-12,29H,1-8,20H2,(H2,21,30)(H2,22,31)(H,26,32)(H,27,34)(H,28,33)(H,35,36)(H4,23,24,25). The van der Waals surface area contributed by atoms with Crippen LogP contribution in [-0.2, 0) is 28.8 Å². The number of aliphatic hydroxyl groups excluding tert-OH is 1. The van der Waals surface area contributed by atoms with E-state index in [-0.39, 0.29) is 51.0 Å². The number of aliphatic imine (C=N–C) groups is 1. The molecule has 0 aliphatic carbocycles. The molecule has 0 aromatic heterocycles. The van der Waals surface area contributed by atoms with Crippen molar-refractivity contribution in [2.75, 3.05) is 13.2 Å². The van der Waals surface area contributed by atoms with Gasteiger partial charge < -0.3 is 54.8 Å². The van der Waals surface area contributed by atoms with Crippen LogP contribution in [0, 0.1) is 0 Å². The number of hydrogen-bond acceptors (Lipinski definition) is 9. The van der Waals surface area contributed by atoms with Crippen molar-refractivity contribution >= 4 is 41.5 Å².